The average Bonchev–Trinajstić information content (AvgIpc) is 2.65. The van der Waals surface area contributed by atoms with Crippen molar-refractivity contribution in [2.45, 2.75) is 40.2 Å². The predicted molar refractivity (Wildman–Crippen MR) is 101 cm³/mol. The molecule has 1 heterocycles. The van der Waals surface area contributed by atoms with Crippen molar-refractivity contribution in [3.8, 4) is 0 Å². The van der Waals surface area contributed by atoms with Crippen LogP contribution >= 0.6 is 0 Å². The van der Waals surface area contributed by atoms with Crippen molar-refractivity contribution in [3.05, 3.63) is 35.4 Å². The molecule has 0 saturated carbocycles. The maximum atomic E-state index is 12.7. The second kappa shape index (κ2) is 8.83. The van der Waals surface area contributed by atoms with Gasteiger partial charge in [-0.15, -0.1) is 0 Å². The molecule has 1 aromatic carbocycles. The van der Waals surface area contributed by atoms with Crippen LogP contribution in [-0.2, 0) is 16.0 Å². The number of benzene rings is 1. The van der Waals surface area contributed by atoms with Gasteiger partial charge in [0.1, 0.15) is 6.04 Å². The van der Waals surface area contributed by atoms with E-state index in [2.05, 4.69) is 12.2 Å². The summed E-state index contributed by atoms with van der Waals surface area (Å²) < 4.78 is 0. The van der Waals surface area contributed by atoms with Crippen molar-refractivity contribution in [2.75, 3.05) is 26.2 Å². The molecule has 1 aliphatic rings. The summed E-state index contributed by atoms with van der Waals surface area (Å²) in [4.78, 5) is 40.2. The molecule has 1 saturated heterocycles. The minimum atomic E-state index is -0.517. The molecule has 0 aromatic heterocycles. The number of nitrogens with zero attached hydrogens (tertiary/aromatic N) is 2. The lowest BCUT2D eigenvalue weighted by Gasteiger charge is -2.37. The molecule has 1 aromatic rings. The standard InChI is InChI=1S/C20H29N3O3/c1-5-16-6-8-17(9-7-16)19(25)22-10-12-23(13-11-22)20(26)18(14(2)3)21-15(4)24/h6-9,14,18H,5,10-13H2,1-4H3,(H,21,24). The molecule has 2 rings (SSSR count). The Balaban J connectivity index is 1.95. The number of aryl methyl sites for hydroxylation is 1. The van der Waals surface area contributed by atoms with Gasteiger partial charge in [0.05, 0.1) is 0 Å². The number of carbonyl (C=O) groups excluding carboxylic acids is 3. The minimum absolute atomic E-state index is 0.00187. The van der Waals surface area contributed by atoms with Crippen LogP contribution in [0, 0.1) is 5.92 Å². The molecule has 0 aliphatic carbocycles. The molecule has 0 radical (unpaired) electrons. The van der Waals surface area contributed by atoms with E-state index in [0.29, 0.717) is 31.7 Å². The van der Waals surface area contributed by atoms with Gasteiger partial charge >= 0.3 is 0 Å². The fourth-order valence-corrected chi connectivity index (χ4v) is 3.12. The van der Waals surface area contributed by atoms with Gasteiger partial charge in [0.2, 0.25) is 11.8 Å². The van der Waals surface area contributed by atoms with Crippen LogP contribution in [0.5, 0.6) is 0 Å². The van der Waals surface area contributed by atoms with Crippen molar-refractivity contribution in [2.24, 2.45) is 5.92 Å². The summed E-state index contributed by atoms with van der Waals surface area (Å²) in [5.41, 5.74) is 1.88. The van der Waals surface area contributed by atoms with Crippen LogP contribution in [0.3, 0.4) is 0 Å². The third-order valence-corrected chi connectivity index (χ3v) is 4.78. The quantitative estimate of drug-likeness (QED) is 0.870. The Labute approximate surface area is 155 Å². The number of hydrogen-bond donors (Lipinski definition) is 1. The Kier molecular flexibility index (Phi) is 6.77. The summed E-state index contributed by atoms with van der Waals surface area (Å²) in [6.45, 7) is 9.31. The highest BCUT2D eigenvalue weighted by molar-refractivity contribution is 5.94. The first-order chi connectivity index (χ1) is 12.3. The molecule has 142 valence electrons. The molecular formula is C20H29N3O3. The van der Waals surface area contributed by atoms with Crippen LogP contribution in [0.2, 0.25) is 0 Å². The summed E-state index contributed by atoms with van der Waals surface area (Å²) >= 11 is 0. The highest BCUT2D eigenvalue weighted by Gasteiger charge is 2.31. The summed E-state index contributed by atoms with van der Waals surface area (Å²) in [5, 5.41) is 2.74. The number of nitrogens with one attached hydrogen (secondary N) is 1. The van der Waals surface area contributed by atoms with E-state index in [1.54, 1.807) is 9.80 Å². The lowest BCUT2D eigenvalue weighted by atomic mass is 10.0. The second-order valence-corrected chi connectivity index (χ2v) is 7.09. The lowest BCUT2D eigenvalue weighted by molar-refractivity contribution is -0.138. The Morgan fingerprint density at radius 2 is 1.54 bits per heavy atom. The normalized spacial score (nSPS) is 15.7. The Morgan fingerprint density at radius 1 is 1.00 bits per heavy atom. The maximum absolute atomic E-state index is 12.7. The number of hydrogen-bond acceptors (Lipinski definition) is 3. The van der Waals surface area contributed by atoms with Crippen molar-refractivity contribution in [1.82, 2.24) is 15.1 Å². The first-order valence-corrected chi connectivity index (χ1v) is 9.27. The van der Waals surface area contributed by atoms with E-state index in [1.165, 1.54) is 12.5 Å². The smallest absolute Gasteiger partial charge is 0.253 e. The topological polar surface area (TPSA) is 69.7 Å². The summed E-state index contributed by atoms with van der Waals surface area (Å²) in [7, 11) is 0. The molecule has 1 aliphatic heterocycles. The average molecular weight is 359 g/mol. The first kappa shape index (κ1) is 19.9. The second-order valence-electron chi connectivity index (χ2n) is 7.09. The molecule has 1 N–H and O–H groups in total. The molecular weight excluding hydrogens is 330 g/mol. The Hall–Kier alpha value is -2.37. The van der Waals surface area contributed by atoms with Gasteiger partial charge < -0.3 is 15.1 Å². The van der Waals surface area contributed by atoms with E-state index >= 15 is 0 Å². The zero-order valence-corrected chi connectivity index (χ0v) is 16.1. The zero-order chi connectivity index (χ0) is 19.3. The van der Waals surface area contributed by atoms with E-state index < -0.39 is 6.04 Å². The lowest BCUT2D eigenvalue weighted by Crippen LogP contribution is -2.57. The van der Waals surface area contributed by atoms with E-state index in [4.69, 9.17) is 0 Å². The van der Waals surface area contributed by atoms with Crippen LogP contribution in [0.25, 0.3) is 0 Å². The minimum Gasteiger partial charge on any atom is -0.344 e. The maximum Gasteiger partial charge on any atom is 0.253 e. The zero-order valence-electron chi connectivity index (χ0n) is 16.1. The molecule has 1 unspecified atom stereocenters. The molecule has 26 heavy (non-hydrogen) atoms. The van der Waals surface area contributed by atoms with Crippen LogP contribution in [0.15, 0.2) is 24.3 Å². The highest BCUT2D eigenvalue weighted by atomic mass is 16.2. The molecule has 6 nitrogen and oxygen atoms in total. The number of piperazine rings is 1. The van der Waals surface area contributed by atoms with Gasteiger partial charge in [-0.25, -0.2) is 0 Å². The molecule has 3 amide bonds. The summed E-state index contributed by atoms with van der Waals surface area (Å²) in [6, 6.07) is 7.17. The van der Waals surface area contributed by atoms with Crippen molar-refractivity contribution in [3.63, 3.8) is 0 Å². The Bertz CT molecular complexity index is 647. The number of carbonyl (C=O) groups is 3. The fourth-order valence-electron chi connectivity index (χ4n) is 3.12. The van der Waals surface area contributed by atoms with Gasteiger partial charge in [-0.2, -0.15) is 0 Å². The van der Waals surface area contributed by atoms with Gasteiger partial charge in [-0.3, -0.25) is 14.4 Å². The van der Waals surface area contributed by atoms with Crippen molar-refractivity contribution in [1.29, 1.82) is 0 Å². The van der Waals surface area contributed by atoms with E-state index in [-0.39, 0.29) is 23.6 Å². The first-order valence-electron chi connectivity index (χ1n) is 9.27. The van der Waals surface area contributed by atoms with E-state index in [0.717, 1.165) is 6.42 Å². The van der Waals surface area contributed by atoms with Crippen LogP contribution in [0.4, 0.5) is 0 Å². The van der Waals surface area contributed by atoms with Gasteiger partial charge in [-0.1, -0.05) is 32.9 Å². The van der Waals surface area contributed by atoms with Crippen LogP contribution in [0.1, 0.15) is 43.6 Å². The van der Waals surface area contributed by atoms with Gasteiger partial charge in [0, 0.05) is 38.7 Å². The third kappa shape index (κ3) is 4.84. The summed E-state index contributed by atoms with van der Waals surface area (Å²) in [6.07, 6.45) is 0.945. The van der Waals surface area contributed by atoms with Crippen LogP contribution in [-0.4, -0.2) is 59.7 Å². The van der Waals surface area contributed by atoms with Crippen LogP contribution < -0.4 is 5.32 Å². The number of rotatable bonds is 5. The van der Waals surface area contributed by atoms with Gasteiger partial charge in [0.15, 0.2) is 0 Å². The van der Waals surface area contributed by atoms with Crippen molar-refractivity contribution >= 4 is 17.7 Å². The van der Waals surface area contributed by atoms with Crippen molar-refractivity contribution < 1.29 is 14.4 Å². The Morgan fingerprint density at radius 3 is 2.00 bits per heavy atom. The third-order valence-electron chi connectivity index (χ3n) is 4.78. The summed E-state index contributed by atoms with van der Waals surface area (Å²) in [5.74, 6) is -0.263. The monoisotopic (exact) mass is 359 g/mol. The molecule has 0 bridgehead atoms. The number of amides is 3. The fraction of sp³-hybridized carbons (Fsp3) is 0.550. The highest BCUT2D eigenvalue weighted by Crippen LogP contribution is 2.13. The largest absolute Gasteiger partial charge is 0.344 e. The van der Waals surface area contributed by atoms with E-state index in [9.17, 15) is 14.4 Å². The molecule has 1 fully saturated rings. The van der Waals surface area contributed by atoms with Gasteiger partial charge in [0.25, 0.3) is 5.91 Å². The molecule has 0 spiro atoms. The van der Waals surface area contributed by atoms with E-state index in [1.807, 2.05) is 38.1 Å². The van der Waals surface area contributed by atoms with Gasteiger partial charge in [-0.05, 0) is 30.0 Å². The molecule has 1 atom stereocenters. The predicted octanol–water partition coefficient (Wildman–Crippen LogP) is 1.69. The molecule has 6 heteroatoms. The SMILES string of the molecule is CCc1ccc(C(=O)N2CCN(C(=O)C(NC(C)=O)C(C)C)CC2)cc1.